The van der Waals surface area contributed by atoms with Gasteiger partial charge in [0.2, 0.25) is 5.43 Å². The molecule has 0 aliphatic carbocycles. The Balaban J connectivity index is 2.47. The molecule has 3 aromatic rings. The second kappa shape index (κ2) is 8.74. The molecule has 168 valence electrons. The number of nitrogens with zero attached hydrogens (tertiary/aromatic N) is 1. The largest absolute Gasteiger partial charge is 0.462 e. The Morgan fingerprint density at radius 2 is 1.78 bits per heavy atom. The van der Waals surface area contributed by atoms with E-state index in [2.05, 4.69) is 0 Å². The molecule has 0 aliphatic heterocycles. The zero-order valence-electron chi connectivity index (χ0n) is 17.4. The van der Waals surface area contributed by atoms with Gasteiger partial charge in [-0.3, -0.25) is 9.59 Å². The molecule has 0 spiro atoms. The summed E-state index contributed by atoms with van der Waals surface area (Å²) in [7, 11) is 0. The molecule has 1 heterocycles. The lowest BCUT2D eigenvalue weighted by atomic mass is 10.0. The maximum absolute atomic E-state index is 14.4. The normalized spacial score (nSPS) is 10.9. The van der Waals surface area contributed by atoms with Crippen LogP contribution in [-0.2, 0) is 20.9 Å². The molecule has 2 aromatic carbocycles. The molecule has 0 saturated carbocycles. The number of carbonyl (C=O) groups is 2. The molecule has 0 unspecified atom stereocenters. The summed E-state index contributed by atoms with van der Waals surface area (Å²) in [6.07, 6.45) is 1.08. The lowest BCUT2D eigenvalue weighted by molar-refractivity contribution is -0.142. The van der Waals surface area contributed by atoms with Gasteiger partial charge in [0, 0.05) is 24.2 Å². The van der Waals surface area contributed by atoms with Crippen LogP contribution in [0.5, 0.6) is 0 Å². The average molecular weight is 448 g/mol. The second-order valence-electron chi connectivity index (χ2n) is 6.94. The molecule has 0 fully saturated rings. The summed E-state index contributed by atoms with van der Waals surface area (Å²) < 4.78 is 53.8. The smallest absolute Gasteiger partial charge is 0.343 e. The van der Waals surface area contributed by atoms with Crippen LogP contribution in [0.2, 0.25) is 0 Å². The fraction of sp³-hybridized carbons (Fsp3) is 0.227. The van der Waals surface area contributed by atoms with Crippen LogP contribution in [-0.4, -0.2) is 23.1 Å². The predicted molar refractivity (Wildman–Crippen MR) is 110 cm³/mol. The van der Waals surface area contributed by atoms with Gasteiger partial charge in [0.1, 0.15) is 18.0 Å². The van der Waals surface area contributed by atoms with Gasteiger partial charge in [0.05, 0.1) is 28.9 Å². The Labute approximate surface area is 180 Å². The van der Waals surface area contributed by atoms with Gasteiger partial charge in [-0.1, -0.05) is 0 Å². The van der Waals surface area contributed by atoms with Crippen LogP contribution in [0, 0.1) is 24.4 Å². The second-order valence-corrected chi connectivity index (χ2v) is 6.94. The number of aromatic nitrogens is 1. The first-order valence-corrected chi connectivity index (χ1v) is 9.49. The monoisotopic (exact) mass is 448 g/mol. The highest BCUT2D eigenvalue weighted by molar-refractivity contribution is 5.95. The van der Waals surface area contributed by atoms with E-state index in [1.54, 1.807) is 0 Å². The van der Waals surface area contributed by atoms with E-state index in [4.69, 9.17) is 15.2 Å². The number of hydrogen-bond acceptors (Lipinski definition) is 6. The van der Waals surface area contributed by atoms with E-state index in [9.17, 15) is 27.6 Å². The van der Waals surface area contributed by atoms with E-state index in [-0.39, 0.29) is 46.6 Å². The summed E-state index contributed by atoms with van der Waals surface area (Å²) in [5, 5.41) is -0.298. The van der Waals surface area contributed by atoms with Gasteiger partial charge >= 0.3 is 11.9 Å². The number of pyridine rings is 1. The van der Waals surface area contributed by atoms with E-state index >= 15 is 0 Å². The maximum Gasteiger partial charge on any atom is 0.343 e. The summed E-state index contributed by atoms with van der Waals surface area (Å²) in [6, 6.07) is 2.86. The van der Waals surface area contributed by atoms with Gasteiger partial charge in [-0.25, -0.2) is 18.0 Å². The zero-order chi connectivity index (χ0) is 23.7. The third-order valence-electron chi connectivity index (χ3n) is 4.79. The maximum atomic E-state index is 14.4. The van der Waals surface area contributed by atoms with Crippen molar-refractivity contribution in [2.75, 3.05) is 12.3 Å². The minimum absolute atomic E-state index is 0.0334. The fourth-order valence-electron chi connectivity index (χ4n) is 3.31. The highest BCUT2D eigenvalue weighted by Crippen LogP contribution is 2.29. The fourth-order valence-corrected chi connectivity index (χ4v) is 3.31. The molecule has 2 N–H and O–H groups in total. The molecule has 3 rings (SSSR count). The molecule has 0 radical (unpaired) electrons. The van der Waals surface area contributed by atoms with Gasteiger partial charge in [-0.05, 0) is 32.0 Å². The van der Waals surface area contributed by atoms with Crippen molar-refractivity contribution >= 4 is 28.5 Å². The van der Waals surface area contributed by atoms with Gasteiger partial charge in [0.25, 0.3) is 0 Å². The third-order valence-corrected chi connectivity index (χ3v) is 4.79. The van der Waals surface area contributed by atoms with E-state index in [1.807, 2.05) is 0 Å². The molecular formula is C22H19F3N2O5. The van der Waals surface area contributed by atoms with Crippen molar-refractivity contribution in [2.45, 2.75) is 27.4 Å². The molecule has 0 aliphatic rings. The van der Waals surface area contributed by atoms with Crippen LogP contribution in [0.1, 0.15) is 35.3 Å². The molecule has 1 aromatic heterocycles. The number of esters is 2. The van der Waals surface area contributed by atoms with Crippen molar-refractivity contribution in [2.24, 2.45) is 0 Å². The Kier molecular flexibility index (Phi) is 6.24. The van der Waals surface area contributed by atoms with E-state index in [1.165, 1.54) is 24.5 Å². The highest BCUT2D eigenvalue weighted by atomic mass is 19.2. The topological polar surface area (TPSA) is 101 Å². The first kappa shape index (κ1) is 22.9. The summed E-state index contributed by atoms with van der Waals surface area (Å²) >= 11 is 0. The zero-order valence-corrected chi connectivity index (χ0v) is 17.4. The van der Waals surface area contributed by atoms with Crippen molar-refractivity contribution < 1.29 is 32.2 Å². The lowest BCUT2D eigenvalue weighted by Gasteiger charge is -2.19. The Hall–Kier alpha value is -3.82. The minimum atomic E-state index is -1.28. The molecule has 0 amide bonds. The SMILES string of the molecule is CCOC(=O)c1cn(-c2cc(N)c(F)cc2COC(C)=O)c2c(C)c(F)c(F)cc2c1=O. The van der Waals surface area contributed by atoms with Crippen molar-refractivity contribution in [3.05, 3.63) is 68.8 Å². The van der Waals surface area contributed by atoms with Gasteiger partial charge in [-0.15, -0.1) is 0 Å². The standard InChI is InChI=1S/C22H19F3N2O5/c1-4-31-22(30)14-8-27(20-10(2)19(25)16(24)6-13(20)21(14)29)18-7-17(26)15(23)5-12(18)9-32-11(3)28/h5-8H,4,9,26H2,1-3H3. The number of anilines is 1. The van der Waals surface area contributed by atoms with Crippen molar-refractivity contribution in [3.8, 4) is 5.69 Å². The molecular weight excluding hydrogens is 429 g/mol. The Morgan fingerprint density at radius 3 is 2.41 bits per heavy atom. The van der Waals surface area contributed by atoms with Crippen LogP contribution in [0.4, 0.5) is 18.9 Å². The number of fused-ring (bicyclic) bond motifs is 1. The molecule has 0 saturated heterocycles. The number of aryl methyl sites for hydroxylation is 1. The van der Waals surface area contributed by atoms with E-state index in [0.29, 0.717) is 6.07 Å². The summed E-state index contributed by atoms with van der Waals surface area (Å²) in [5.74, 6) is -4.91. The van der Waals surface area contributed by atoms with Crippen LogP contribution < -0.4 is 11.2 Å². The molecule has 0 atom stereocenters. The van der Waals surface area contributed by atoms with E-state index in [0.717, 1.165) is 19.2 Å². The first-order valence-electron chi connectivity index (χ1n) is 9.49. The first-order chi connectivity index (χ1) is 15.1. The van der Waals surface area contributed by atoms with Crippen molar-refractivity contribution in [1.82, 2.24) is 4.57 Å². The van der Waals surface area contributed by atoms with Crippen molar-refractivity contribution in [1.29, 1.82) is 0 Å². The predicted octanol–water partition coefficient (Wildman–Crippen LogP) is 3.54. The number of rotatable bonds is 5. The van der Waals surface area contributed by atoms with E-state index < -0.39 is 40.4 Å². The number of ether oxygens (including phenoxy) is 2. The number of benzene rings is 2. The van der Waals surface area contributed by atoms with Crippen LogP contribution >= 0.6 is 0 Å². The summed E-state index contributed by atoms with van der Waals surface area (Å²) in [5.41, 5.74) is 4.00. The summed E-state index contributed by atoms with van der Waals surface area (Å²) in [6.45, 7) is 3.53. The number of carbonyl (C=O) groups excluding carboxylic acids is 2. The third kappa shape index (κ3) is 4.03. The number of halogens is 3. The lowest BCUT2D eigenvalue weighted by Crippen LogP contribution is -2.22. The molecule has 0 bridgehead atoms. The Morgan fingerprint density at radius 1 is 1.09 bits per heavy atom. The average Bonchev–Trinajstić information content (AvgIpc) is 2.73. The van der Waals surface area contributed by atoms with Crippen LogP contribution in [0.25, 0.3) is 16.6 Å². The van der Waals surface area contributed by atoms with Gasteiger partial charge in [0.15, 0.2) is 11.6 Å². The van der Waals surface area contributed by atoms with Gasteiger partial charge in [-0.2, -0.15) is 0 Å². The minimum Gasteiger partial charge on any atom is -0.462 e. The van der Waals surface area contributed by atoms with Crippen molar-refractivity contribution in [3.63, 3.8) is 0 Å². The Bertz CT molecular complexity index is 1320. The number of nitrogen functional groups attached to an aromatic ring is 1. The van der Waals surface area contributed by atoms with Crippen LogP contribution in [0.15, 0.2) is 29.2 Å². The van der Waals surface area contributed by atoms with Crippen LogP contribution in [0.3, 0.4) is 0 Å². The summed E-state index contributed by atoms with van der Waals surface area (Å²) in [4.78, 5) is 36.6. The molecule has 10 heteroatoms. The highest BCUT2D eigenvalue weighted by Gasteiger charge is 2.23. The quantitative estimate of drug-likeness (QED) is 0.473. The molecule has 7 nitrogen and oxygen atoms in total. The number of hydrogen-bond donors (Lipinski definition) is 1. The molecule has 32 heavy (non-hydrogen) atoms. The van der Waals surface area contributed by atoms with Gasteiger partial charge < -0.3 is 19.8 Å². The number of nitrogens with two attached hydrogens (primary N) is 1.